The van der Waals surface area contributed by atoms with Crippen LogP contribution in [0.25, 0.3) is 0 Å². The van der Waals surface area contributed by atoms with E-state index >= 15 is 0 Å². The van der Waals surface area contributed by atoms with Crippen LogP contribution in [0.1, 0.15) is 27.7 Å². The number of allylic oxidation sites excluding steroid dienone is 1. The molecule has 1 aliphatic rings. The van der Waals surface area contributed by atoms with Gasteiger partial charge in [0.05, 0.1) is 18.3 Å². The van der Waals surface area contributed by atoms with Crippen molar-refractivity contribution in [2.45, 2.75) is 45.2 Å². The van der Waals surface area contributed by atoms with Gasteiger partial charge in [-0.05, 0) is 27.7 Å². The van der Waals surface area contributed by atoms with Gasteiger partial charge in [0, 0.05) is 12.5 Å². The van der Waals surface area contributed by atoms with E-state index in [1.54, 1.807) is 6.08 Å². The fourth-order valence-corrected chi connectivity index (χ4v) is 1.43. The highest BCUT2D eigenvalue weighted by Crippen LogP contribution is 2.37. The number of amides is 1. The van der Waals surface area contributed by atoms with Gasteiger partial charge in [-0.1, -0.05) is 6.08 Å². The summed E-state index contributed by atoms with van der Waals surface area (Å²) < 4.78 is 16.0. The number of hydrogen-bond acceptors (Lipinski definition) is 4. The Morgan fingerprint density at radius 2 is 1.82 bits per heavy atom. The monoisotopic (exact) mass is 241 g/mol. The molecule has 1 N–H and O–H groups in total. The molecule has 0 aromatic rings. The third-order valence-electron chi connectivity index (χ3n) is 3.14. The molecule has 0 unspecified atom stereocenters. The van der Waals surface area contributed by atoms with Gasteiger partial charge in [-0.15, -0.1) is 0 Å². The van der Waals surface area contributed by atoms with E-state index in [1.807, 2.05) is 27.7 Å². The maximum absolute atomic E-state index is 10.8. The van der Waals surface area contributed by atoms with E-state index in [4.69, 9.17) is 9.31 Å². The van der Waals surface area contributed by atoms with Crippen molar-refractivity contribution < 1.29 is 18.8 Å². The number of carbonyl (C=O) groups excluding carboxylic acids is 1. The first-order chi connectivity index (χ1) is 7.78. The second kappa shape index (κ2) is 5.10. The molecule has 0 aliphatic carbocycles. The minimum atomic E-state index is -0.491. The van der Waals surface area contributed by atoms with Gasteiger partial charge in [-0.25, -0.2) is 4.79 Å². The predicted octanol–water partition coefficient (Wildman–Crippen LogP) is 1.95. The number of methoxy groups -OCH3 is 1. The SMILES string of the molecule is COC(=O)N/C=C/CB1OC(C)(C)C(C)(C)O1. The summed E-state index contributed by atoms with van der Waals surface area (Å²) in [6.45, 7) is 8.01. The Bertz CT molecular complexity index is 299. The molecule has 1 saturated heterocycles. The molecule has 1 fully saturated rings. The van der Waals surface area contributed by atoms with Gasteiger partial charge in [-0.2, -0.15) is 0 Å². The summed E-state index contributed by atoms with van der Waals surface area (Å²) in [5.74, 6) is 0. The van der Waals surface area contributed by atoms with Crippen LogP contribution in [-0.2, 0) is 14.0 Å². The lowest BCUT2D eigenvalue weighted by Crippen LogP contribution is -2.41. The summed E-state index contributed by atoms with van der Waals surface area (Å²) in [6.07, 6.45) is 3.39. The van der Waals surface area contributed by atoms with Crippen LogP contribution >= 0.6 is 0 Å². The Morgan fingerprint density at radius 1 is 1.29 bits per heavy atom. The van der Waals surface area contributed by atoms with Crippen molar-refractivity contribution in [1.29, 1.82) is 0 Å². The second-order valence-corrected chi connectivity index (χ2v) is 4.96. The smallest absolute Gasteiger partial charge is 0.453 e. The third-order valence-corrected chi connectivity index (χ3v) is 3.14. The number of rotatable bonds is 3. The molecule has 17 heavy (non-hydrogen) atoms. The third kappa shape index (κ3) is 3.47. The Labute approximate surface area is 103 Å². The van der Waals surface area contributed by atoms with Gasteiger partial charge in [0.2, 0.25) is 0 Å². The Hall–Kier alpha value is -1.01. The summed E-state index contributed by atoms with van der Waals surface area (Å²) >= 11 is 0. The molecule has 6 heteroatoms. The maximum atomic E-state index is 10.8. The van der Waals surface area contributed by atoms with Crippen molar-refractivity contribution in [3.05, 3.63) is 12.3 Å². The fraction of sp³-hybridized carbons (Fsp3) is 0.727. The number of hydrogen-bond donors (Lipinski definition) is 1. The standard InChI is InChI=1S/C11H20BNO4/c1-10(2)11(3,4)17-12(16-10)7-6-8-13-9(14)15-5/h6,8H,7H2,1-5H3,(H,13,14)/b8-6+. The van der Waals surface area contributed by atoms with E-state index in [9.17, 15) is 4.79 Å². The van der Waals surface area contributed by atoms with Crippen LogP contribution in [0.15, 0.2) is 12.3 Å². The van der Waals surface area contributed by atoms with Crippen molar-refractivity contribution in [2.24, 2.45) is 0 Å². The van der Waals surface area contributed by atoms with Gasteiger partial charge in [0.15, 0.2) is 0 Å². The Kier molecular flexibility index (Phi) is 4.22. The topological polar surface area (TPSA) is 56.8 Å². The van der Waals surface area contributed by atoms with Crippen LogP contribution in [0.5, 0.6) is 0 Å². The van der Waals surface area contributed by atoms with E-state index in [1.165, 1.54) is 13.3 Å². The van der Waals surface area contributed by atoms with Crippen LogP contribution in [0.4, 0.5) is 4.79 Å². The lowest BCUT2D eigenvalue weighted by atomic mass is 9.85. The van der Waals surface area contributed by atoms with E-state index < -0.39 is 6.09 Å². The maximum Gasteiger partial charge on any atom is 0.461 e. The molecule has 0 aromatic carbocycles. The number of carbonyl (C=O) groups is 1. The van der Waals surface area contributed by atoms with Gasteiger partial charge in [0.25, 0.3) is 0 Å². The van der Waals surface area contributed by atoms with E-state index in [2.05, 4.69) is 10.1 Å². The minimum absolute atomic E-state index is 0.282. The molecule has 0 spiro atoms. The summed E-state index contributed by atoms with van der Waals surface area (Å²) in [4.78, 5) is 10.8. The molecule has 1 rings (SSSR count). The predicted molar refractivity (Wildman–Crippen MR) is 65.6 cm³/mol. The molecule has 0 atom stereocenters. The van der Waals surface area contributed by atoms with Crippen LogP contribution in [0, 0.1) is 0 Å². The van der Waals surface area contributed by atoms with Crippen molar-refractivity contribution >= 4 is 13.2 Å². The quantitative estimate of drug-likeness (QED) is 0.767. The minimum Gasteiger partial charge on any atom is -0.453 e. The zero-order valence-corrected chi connectivity index (χ0v) is 11.1. The lowest BCUT2D eigenvalue weighted by Gasteiger charge is -2.32. The lowest BCUT2D eigenvalue weighted by molar-refractivity contribution is 0.00578. The van der Waals surface area contributed by atoms with Crippen molar-refractivity contribution in [2.75, 3.05) is 7.11 Å². The molecule has 1 heterocycles. The van der Waals surface area contributed by atoms with Crippen molar-refractivity contribution in [3.8, 4) is 0 Å². The highest BCUT2D eigenvalue weighted by Gasteiger charge is 2.50. The zero-order valence-electron chi connectivity index (χ0n) is 11.1. The molecule has 0 aromatic heterocycles. The summed E-state index contributed by atoms with van der Waals surface area (Å²) in [5, 5.41) is 2.44. The first kappa shape index (κ1) is 14.1. The van der Waals surface area contributed by atoms with Gasteiger partial charge < -0.3 is 14.0 Å². The summed E-state index contributed by atoms with van der Waals surface area (Å²) in [5.41, 5.74) is -0.636. The van der Waals surface area contributed by atoms with Crippen molar-refractivity contribution in [3.63, 3.8) is 0 Å². The summed E-state index contributed by atoms with van der Waals surface area (Å²) in [7, 11) is 1.04. The van der Waals surface area contributed by atoms with Crippen molar-refractivity contribution in [1.82, 2.24) is 5.32 Å². The molecule has 0 bridgehead atoms. The average Bonchev–Trinajstić information content (AvgIpc) is 2.42. The molecule has 0 saturated carbocycles. The molecule has 1 aliphatic heterocycles. The van der Waals surface area contributed by atoms with Gasteiger partial charge in [-0.3, -0.25) is 5.32 Å². The highest BCUT2D eigenvalue weighted by atomic mass is 16.7. The van der Waals surface area contributed by atoms with Crippen LogP contribution < -0.4 is 5.32 Å². The first-order valence-electron chi connectivity index (χ1n) is 5.63. The molecular formula is C11H20BNO4. The Morgan fingerprint density at radius 3 is 2.29 bits per heavy atom. The van der Waals surface area contributed by atoms with E-state index in [-0.39, 0.29) is 18.3 Å². The molecule has 5 nitrogen and oxygen atoms in total. The van der Waals surface area contributed by atoms with Crippen LogP contribution in [0.2, 0.25) is 6.32 Å². The molecule has 1 amide bonds. The molecule has 96 valence electrons. The van der Waals surface area contributed by atoms with E-state index in [0.717, 1.165) is 0 Å². The molecular weight excluding hydrogens is 221 g/mol. The largest absolute Gasteiger partial charge is 0.461 e. The normalized spacial score (nSPS) is 21.8. The first-order valence-corrected chi connectivity index (χ1v) is 5.63. The number of ether oxygens (including phenoxy) is 1. The van der Waals surface area contributed by atoms with Gasteiger partial charge in [0.1, 0.15) is 0 Å². The molecule has 0 radical (unpaired) electrons. The van der Waals surface area contributed by atoms with Crippen LogP contribution in [-0.4, -0.2) is 31.5 Å². The second-order valence-electron chi connectivity index (χ2n) is 4.96. The number of nitrogens with one attached hydrogen (secondary N) is 1. The Balaban J connectivity index is 2.38. The number of alkyl carbamates (subject to hydrolysis) is 1. The zero-order chi connectivity index (χ0) is 13.1. The fourth-order valence-electron chi connectivity index (χ4n) is 1.43. The van der Waals surface area contributed by atoms with Gasteiger partial charge >= 0.3 is 13.2 Å². The van der Waals surface area contributed by atoms with Crippen LogP contribution in [0.3, 0.4) is 0 Å². The average molecular weight is 241 g/mol. The summed E-state index contributed by atoms with van der Waals surface area (Å²) in [6, 6.07) is 0. The highest BCUT2D eigenvalue weighted by molar-refractivity contribution is 6.46. The van der Waals surface area contributed by atoms with E-state index in [0.29, 0.717) is 6.32 Å².